The van der Waals surface area contributed by atoms with Crippen LogP contribution in [0.3, 0.4) is 0 Å². The van der Waals surface area contributed by atoms with Crippen molar-refractivity contribution in [2.24, 2.45) is 11.1 Å². The van der Waals surface area contributed by atoms with Gasteiger partial charge in [-0.3, -0.25) is 4.79 Å². The third-order valence-electron chi connectivity index (χ3n) is 4.66. The number of nitrogens with zero attached hydrogens (tertiary/aromatic N) is 5. The number of amides is 1. The molecule has 0 aliphatic heterocycles. The quantitative estimate of drug-likeness (QED) is 0.296. The van der Waals surface area contributed by atoms with Crippen LogP contribution in [0.4, 0.5) is 5.69 Å². The van der Waals surface area contributed by atoms with Crippen molar-refractivity contribution in [2.75, 3.05) is 5.32 Å². The molecule has 0 bridgehead atoms. The smallest absolute Gasteiger partial charge is 0.281 e. The van der Waals surface area contributed by atoms with Crippen molar-refractivity contribution >= 4 is 28.1 Å². The molecule has 1 N–H and O–H groups in total. The summed E-state index contributed by atoms with van der Waals surface area (Å²) in [6, 6.07) is 13.6. The number of aryl methyl sites for hydroxylation is 1. The van der Waals surface area contributed by atoms with Crippen molar-refractivity contribution in [3.8, 4) is 0 Å². The van der Waals surface area contributed by atoms with Crippen LogP contribution in [0.25, 0.3) is 10.8 Å². The van der Waals surface area contributed by atoms with Gasteiger partial charge in [-0.25, -0.2) is 0 Å². The van der Waals surface area contributed by atoms with Crippen LogP contribution < -0.4 is 5.32 Å². The van der Waals surface area contributed by atoms with E-state index in [9.17, 15) is 4.79 Å². The molecular formula is C23H30N6O2. The fourth-order valence-corrected chi connectivity index (χ4v) is 3.10. The zero-order valence-corrected chi connectivity index (χ0v) is 18.6. The monoisotopic (exact) mass is 422 g/mol. The molecule has 1 aromatic heterocycles. The lowest BCUT2D eigenvalue weighted by molar-refractivity contribution is -0.110. The number of anilines is 1. The van der Waals surface area contributed by atoms with Crippen LogP contribution in [0.15, 0.2) is 47.6 Å². The number of carbonyl (C=O) groups excluding carboxylic acids is 1. The van der Waals surface area contributed by atoms with Crippen molar-refractivity contribution in [2.45, 2.75) is 59.6 Å². The van der Waals surface area contributed by atoms with Crippen LogP contribution in [-0.4, -0.2) is 37.9 Å². The number of rotatable bonds is 10. The van der Waals surface area contributed by atoms with Crippen LogP contribution in [0.5, 0.6) is 0 Å². The molecule has 0 saturated heterocycles. The normalized spacial score (nSPS) is 12.0. The number of fused-ring (bicyclic) bond motifs is 1. The van der Waals surface area contributed by atoms with E-state index in [0.29, 0.717) is 18.2 Å². The first-order chi connectivity index (χ1) is 14.9. The summed E-state index contributed by atoms with van der Waals surface area (Å²) in [5.41, 5.74) is 0.677. The molecule has 0 saturated carbocycles. The van der Waals surface area contributed by atoms with E-state index in [1.807, 2.05) is 56.3 Å². The summed E-state index contributed by atoms with van der Waals surface area (Å²) >= 11 is 0. The molecule has 0 aliphatic carbocycles. The van der Waals surface area contributed by atoms with E-state index in [2.05, 4.69) is 39.7 Å². The minimum absolute atomic E-state index is 0.00457. The number of hydrogen-bond acceptors (Lipinski definition) is 6. The molecule has 0 fully saturated rings. The molecular weight excluding hydrogens is 392 g/mol. The average Bonchev–Trinajstić information content (AvgIpc) is 3.20. The molecule has 2 aromatic carbocycles. The number of carbonyl (C=O) groups is 1. The molecule has 31 heavy (non-hydrogen) atoms. The summed E-state index contributed by atoms with van der Waals surface area (Å²) in [5.74, 6) is 0.363. The lowest BCUT2D eigenvalue weighted by Crippen LogP contribution is -2.26. The van der Waals surface area contributed by atoms with E-state index in [4.69, 9.17) is 4.84 Å². The second-order valence-electron chi connectivity index (χ2n) is 8.17. The Morgan fingerprint density at radius 1 is 1.10 bits per heavy atom. The molecule has 1 heterocycles. The number of unbranched alkanes of at least 4 members (excludes halogenated alkanes) is 1. The van der Waals surface area contributed by atoms with Crippen LogP contribution in [-0.2, 0) is 16.2 Å². The Balaban J connectivity index is 1.78. The Hall–Kier alpha value is -3.29. The third-order valence-corrected chi connectivity index (χ3v) is 4.66. The highest BCUT2D eigenvalue weighted by atomic mass is 16.6. The first-order valence-corrected chi connectivity index (χ1v) is 10.7. The predicted molar refractivity (Wildman–Crippen MR) is 122 cm³/mol. The second kappa shape index (κ2) is 10.7. The number of nitrogens with one attached hydrogen (secondary N) is 1. The van der Waals surface area contributed by atoms with Gasteiger partial charge in [0.1, 0.15) is 6.10 Å². The fourth-order valence-electron chi connectivity index (χ4n) is 3.10. The summed E-state index contributed by atoms with van der Waals surface area (Å²) in [5, 5.41) is 21.4. The molecule has 0 radical (unpaired) electrons. The number of oxime groups is 1. The third kappa shape index (κ3) is 6.34. The minimum atomic E-state index is -0.448. The van der Waals surface area contributed by atoms with Crippen LogP contribution >= 0.6 is 0 Å². The number of benzene rings is 2. The predicted octanol–water partition coefficient (Wildman–Crippen LogP) is 4.42. The van der Waals surface area contributed by atoms with E-state index in [1.165, 1.54) is 4.80 Å². The Kier molecular flexibility index (Phi) is 7.70. The van der Waals surface area contributed by atoms with Gasteiger partial charge in [0.05, 0.1) is 6.54 Å². The highest BCUT2D eigenvalue weighted by molar-refractivity contribution is 6.48. The van der Waals surface area contributed by atoms with Gasteiger partial charge in [0.15, 0.2) is 0 Å². The standard InChI is InChI=1S/C23H30N6O2/c1-16(2)10-7-8-15-29-26-22(25-28-29)21(27-31-17(3)4)23(30)24-20-14-9-12-18-11-5-6-13-19(18)20/h5-6,9,11-14,16-17H,7-8,10,15H2,1-4H3,(H,24,30). The Bertz CT molecular complexity index is 1040. The van der Waals surface area contributed by atoms with Gasteiger partial charge in [-0.1, -0.05) is 68.2 Å². The number of aromatic nitrogens is 4. The zero-order valence-electron chi connectivity index (χ0n) is 18.6. The maximum atomic E-state index is 13.1. The van der Waals surface area contributed by atoms with Crippen LogP contribution in [0.1, 0.15) is 52.8 Å². The molecule has 3 aromatic rings. The lowest BCUT2D eigenvalue weighted by atomic mass is 10.1. The molecule has 0 aliphatic rings. The molecule has 1 amide bonds. The van der Waals surface area contributed by atoms with Gasteiger partial charge in [-0.2, -0.15) is 4.80 Å². The maximum Gasteiger partial charge on any atom is 0.281 e. The zero-order chi connectivity index (χ0) is 22.2. The minimum Gasteiger partial charge on any atom is -0.392 e. The molecule has 0 unspecified atom stereocenters. The topological polar surface area (TPSA) is 94.3 Å². The maximum absolute atomic E-state index is 13.1. The Morgan fingerprint density at radius 3 is 2.65 bits per heavy atom. The SMILES string of the molecule is CC(C)CCCCn1nnc(C(=NOC(C)C)C(=O)Nc2cccc3ccccc23)n1. The molecule has 3 rings (SSSR count). The highest BCUT2D eigenvalue weighted by Crippen LogP contribution is 2.23. The van der Waals surface area contributed by atoms with E-state index in [-0.39, 0.29) is 17.6 Å². The van der Waals surface area contributed by atoms with Gasteiger partial charge < -0.3 is 10.2 Å². The van der Waals surface area contributed by atoms with E-state index >= 15 is 0 Å². The number of tetrazole rings is 1. The van der Waals surface area contributed by atoms with E-state index < -0.39 is 5.91 Å². The van der Waals surface area contributed by atoms with Crippen molar-refractivity contribution in [1.82, 2.24) is 20.2 Å². The summed E-state index contributed by atoms with van der Waals surface area (Å²) in [7, 11) is 0. The van der Waals surface area contributed by atoms with Crippen molar-refractivity contribution in [1.29, 1.82) is 0 Å². The van der Waals surface area contributed by atoms with Gasteiger partial charge in [-0.15, -0.1) is 10.2 Å². The molecule has 8 nitrogen and oxygen atoms in total. The lowest BCUT2D eigenvalue weighted by Gasteiger charge is -2.09. The van der Waals surface area contributed by atoms with E-state index in [0.717, 1.165) is 30.0 Å². The summed E-state index contributed by atoms with van der Waals surface area (Å²) in [6.45, 7) is 8.73. The van der Waals surface area contributed by atoms with Gasteiger partial charge in [0.2, 0.25) is 11.5 Å². The molecule has 0 spiro atoms. The highest BCUT2D eigenvalue weighted by Gasteiger charge is 2.22. The molecule has 0 atom stereocenters. The Morgan fingerprint density at radius 2 is 1.87 bits per heavy atom. The van der Waals surface area contributed by atoms with Crippen molar-refractivity contribution in [3.63, 3.8) is 0 Å². The fraction of sp³-hybridized carbons (Fsp3) is 0.435. The van der Waals surface area contributed by atoms with Gasteiger partial charge >= 0.3 is 0 Å². The molecule has 164 valence electrons. The van der Waals surface area contributed by atoms with E-state index in [1.54, 1.807) is 0 Å². The van der Waals surface area contributed by atoms with Gasteiger partial charge in [0, 0.05) is 11.1 Å². The van der Waals surface area contributed by atoms with Crippen molar-refractivity contribution < 1.29 is 9.63 Å². The number of hydrogen-bond donors (Lipinski definition) is 1. The van der Waals surface area contributed by atoms with Crippen molar-refractivity contribution in [3.05, 3.63) is 48.3 Å². The summed E-state index contributed by atoms with van der Waals surface area (Å²) < 4.78 is 0. The molecule has 8 heteroatoms. The summed E-state index contributed by atoms with van der Waals surface area (Å²) in [6.07, 6.45) is 3.01. The first-order valence-electron chi connectivity index (χ1n) is 10.7. The van der Waals surface area contributed by atoms with Gasteiger partial charge in [0.25, 0.3) is 5.91 Å². The van der Waals surface area contributed by atoms with Crippen LogP contribution in [0, 0.1) is 5.92 Å². The van der Waals surface area contributed by atoms with Gasteiger partial charge in [-0.05, 0) is 42.9 Å². The van der Waals surface area contributed by atoms with Crippen LogP contribution in [0.2, 0.25) is 0 Å². The second-order valence-corrected chi connectivity index (χ2v) is 8.17. The first kappa shape index (κ1) is 22.4. The Labute approximate surface area is 182 Å². The average molecular weight is 423 g/mol. The largest absolute Gasteiger partial charge is 0.392 e. The summed E-state index contributed by atoms with van der Waals surface area (Å²) in [4.78, 5) is 19.9.